The first-order valence-electron chi connectivity index (χ1n) is 7.97. The van der Waals surface area contributed by atoms with Crippen molar-refractivity contribution in [3.63, 3.8) is 0 Å². The number of aromatic nitrogens is 2. The van der Waals surface area contributed by atoms with Gasteiger partial charge in [0.15, 0.2) is 0 Å². The highest BCUT2D eigenvalue weighted by Crippen LogP contribution is 2.15. The molecule has 0 bridgehead atoms. The van der Waals surface area contributed by atoms with Crippen molar-refractivity contribution in [1.29, 1.82) is 0 Å². The van der Waals surface area contributed by atoms with E-state index < -0.39 is 0 Å². The lowest BCUT2D eigenvalue weighted by molar-refractivity contribution is 0.0941. The van der Waals surface area contributed by atoms with Gasteiger partial charge >= 0.3 is 0 Å². The molecule has 2 aromatic rings. The summed E-state index contributed by atoms with van der Waals surface area (Å²) in [5.41, 5.74) is 2.32. The smallest absolute Gasteiger partial charge is 0.269 e. The molecule has 0 radical (unpaired) electrons. The number of carbonyl (C=O) groups excluding carboxylic acids is 1. The summed E-state index contributed by atoms with van der Waals surface area (Å²) in [6, 6.07) is 9.41. The van der Waals surface area contributed by atoms with Crippen molar-refractivity contribution < 1.29 is 9.53 Å². The Balaban J connectivity index is 1.83. The van der Waals surface area contributed by atoms with Gasteiger partial charge in [0.1, 0.15) is 15.9 Å². The molecule has 7 heteroatoms. The van der Waals surface area contributed by atoms with E-state index in [1.54, 1.807) is 23.9 Å². The molecule has 5 nitrogen and oxygen atoms in total. The van der Waals surface area contributed by atoms with Gasteiger partial charge in [-0.2, -0.15) is 5.10 Å². The van der Waals surface area contributed by atoms with Gasteiger partial charge in [-0.3, -0.25) is 9.48 Å². The van der Waals surface area contributed by atoms with E-state index in [2.05, 4.69) is 10.4 Å². The summed E-state index contributed by atoms with van der Waals surface area (Å²) in [6.07, 6.45) is 3.34. The van der Waals surface area contributed by atoms with Crippen LogP contribution in [0.1, 0.15) is 34.6 Å². The Hall–Kier alpha value is -1.98. The van der Waals surface area contributed by atoms with Crippen molar-refractivity contribution in [2.45, 2.75) is 26.3 Å². The molecular weight excluding hydrogens is 361 g/mol. The molecule has 0 aliphatic carbocycles. The number of unbranched alkanes of at least 4 members (excludes halogenated alkanes) is 1. The lowest BCUT2D eigenvalue weighted by Crippen LogP contribution is -2.25. The van der Waals surface area contributed by atoms with E-state index in [-0.39, 0.29) is 10.4 Å². The van der Waals surface area contributed by atoms with Crippen LogP contribution in [0.25, 0.3) is 0 Å². The molecule has 0 saturated carbocycles. The van der Waals surface area contributed by atoms with Gasteiger partial charge in [-0.25, -0.2) is 0 Å². The normalized spacial score (nSPS) is 10.4. The Labute approximate surface area is 157 Å². The number of ether oxygens (including phenoxy) is 1. The predicted octanol–water partition coefficient (Wildman–Crippen LogP) is 4.14. The summed E-state index contributed by atoms with van der Waals surface area (Å²) in [6.45, 7) is 2.85. The number of hydrogen-bond donors (Lipinski definition) is 1. The highest BCUT2D eigenvalue weighted by atomic mass is 35.5. The molecule has 0 aliphatic heterocycles. The Bertz CT molecular complexity index is 753. The largest absolute Gasteiger partial charge is 0.494 e. The number of rotatable bonds is 8. The molecule has 0 atom stereocenters. The van der Waals surface area contributed by atoms with E-state index in [4.69, 9.17) is 27.9 Å². The average Bonchev–Trinajstić information content (AvgIpc) is 2.91. The summed E-state index contributed by atoms with van der Waals surface area (Å²) in [7, 11) is 1.75. The third-order valence-corrected chi connectivity index (χ3v) is 3.81. The van der Waals surface area contributed by atoms with Crippen molar-refractivity contribution in [2.24, 2.45) is 7.05 Å². The molecule has 0 saturated heterocycles. The quantitative estimate of drug-likeness (QED) is 0.699. The molecule has 1 aromatic heterocycles. The molecule has 1 amide bonds. The zero-order valence-corrected chi connectivity index (χ0v) is 15.8. The number of carbonyl (C=O) groups is 1. The minimum atomic E-state index is -0.154. The third kappa shape index (κ3) is 6.44. The van der Waals surface area contributed by atoms with Crippen molar-refractivity contribution in [3.8, 4) is 5.75 Å². The van der Waals surface area contributed by atoms with Gasteiger partial charge in [-0.15, -0.1) is 0 Å². The Morgan fingerprint density at radius 3 is 2.84 bits per heavy atom. The molecule has 1 N–H and O–H groups in total. The second-order valence-corrected chi connectivity index (χ2v) is 6.62. The molecule has 134 valence electrons. The number of allylic oxidation sites excluding steroid dienone is 1. The Kier molecular flexibility index (Phi) is 7.34. The van der Waals surface area contributed by atoms with Gasteiger partial charge in [-0.1, -0.05) is 41.4 Å². The Morgan fingerprint density at radius 1 is 1.36 bits per heavy atom. The maximum absolute atomic E-state index is 12.2. The Morgan fingerprint density at radius 2 is 2.16 bits per heavy atom. The van der Waals surface area contributed by atoms with Crippen LogP contribution in [-0.2, 0) is 13.6 Å². The molecule has 0 spiro atoms. The number of aryl methyl sites for hydroxylation is 2. The first-order chi connectivity index (χ1) is 12.0. The fraction of sp³-hybridized carbons (Fsp3) is 0.333. The van der Waals surface area contributed by atoms with Gasteiger partial charge < -0.3 is 10.1 Å². The zero-order valence-electron chi connectivity index (χ0n) is 14.3. The van der Waals surface area contributed by atoms with Crippen LogP contribution in [-0.4, -0.2) is 22.3 Å². The molecule has 1 aromatic carbocycles. The lowest BCUT2D eigenvalue weighted by Gasteiger charge is -2.09. The fourth-order valence-electron chi connectivity index (χ4n) is 2.33. The number of hydrogen-bond acceptors (Lipinski definition) is 3. The van der Waals surface area contributed by atoms with Crippen LogP contribution in [0.2, 0.25) is 0 Å². The molecule has 0 aliphatic rings. The monoisotopic (exact) mass is 381 g/mol. The topological polar surface area (TPSA) is 56.1 Å². The third-order valence-electron chi connectivity index (χ3n) is 3.50. The fourth-order valence-corrected chi connectivity index (χ4v) is 2.54. The minimum absolute atomic E-state index is 0.154. The van der Waals surface area contributed by atoms with E-state index in [1.807, 2.05) is 31.2 Å². The van der Waals surface area contributed by atoms with Gasteiger partial charge in [0.25, 0.3) is 5.91 Å². The van der Waals surface area contributed by atoms with Crippen LogP contribution in [0.3, 0.4) is 0 Å². The van der Waals surface area contributed by atoms with Crippen LogP contribution < -0.4 is 10.1 Å². The van der Waals surface area contributed by atoms with Crippen LogP contribution in [0.5, 0.6) is 5.75 Å². The summed E-state index contributed by atoms with van der Waals surface area (Å²) in [5, 5.41) is 7.07. The van der Waals surface area contributed by atoms with Crippen molar-refractivity contribution in [1.82, 2.24) is 15.1 Å². The number of nitrogens with zero attached hydrogens (tertiary/aromatic N) is 2. The number of benzene rings is 1. The van der Waals surface area contributed by atoms with E-state index in [1.165, 1.54) is 0 Å². The number of amides is 1. The first kappa shape index (κ1) is 19.3. The van der Waals surface area contributed by atoms with Crippen LogP contribution in [0, 0.1) is 6.92 Å². The van der Waals surface area contributed by atoms with Crippen LogP contribution in [0.15, 0.2) is 40.9 Å². The summed E-state index contributed by atoms with van der Waals surface area (Å²) < 4.78 is 7.55. The summed E-state index contributed by atoms with van der Waals surface area (Å²) >= 11 is 11.1. The maximum atomic E-state index is 12.2. The maximum Gasteiger partial charge on any atom is 0.269 e. The van der Waals surface area contributed by atoms with Crippen LogP contribution in [0.4, 0.5) is 0 Å². The van der Waals surface area contributed by atoms with Crippen molar-refractivity contribution in [3.05, 3.63) is 57.9 Å². The molecule has 0 unspecified atom stereocenters. The second-order valence-electron chi connectivity index (χ2n) is 5.61. The highest BCUT2D eigenvalue weighted by Gasteiger charge is 2.11. The van der Waals surface area contributed by atoms with Crippen molar-refractivity contribution >= 4 is 29.1 Å². The second kappa shape index (κ2) is 9.49. The molecule has 1 heterocycles. The lowest BCUT2D eigenvalue weighted by atomic mass is 10.2. The predicted molar refractivity (Wildman–Crippen MR) is 100 cm³/mol. The summed E-state index contributed by atoms with van der Waals surface area (Å²) in [4.78, 5) is 12.2. The van der Waals surface area contributed by atoms with Gasteiger partial charge in [0.05, 0.1) is 12.3 Å². The van der Waals surface area contributed by atoms with E-state index in [0.717, 1.165) is 29.8 Å². The molecule has 0 fully saturated rings. The van der Waals surface area contributed by atoms with E-state index >= 15 is 0 Å². The van der Waals surface area contributed by atoms with Gasteiger partial charge in [0, 0.05) is 13.6 Å². The van der Waals surface area contributed by atoms with Crippen LogP contribution >= 0.6 is 23.2 Å². The SMILES string of the molecule is Cc1cc(C(=O)NCc2cccc(OCCCC=C(Cl)Cl)c2)n(C)n1. The number of nitrogens with one attached hydrogen (secondary N) is 1. The molecule has 25 heavy (non-hydrogen) atoms. The zero-order chi connectivity index (χ0) is 18.2. The highest BCUT2D eigenvalue weighted by molar-refractivity contribution is 6.55. The molecule has 2 rings (SSSR count). The van der Waals surface area contributed by atoms with Gasteiger partial charge in [0.2, 0.25) is 0 Å². The standard InChI is InChI=1S/C18H21Cl2N3O2/c1-13-10-16(23(2)22-13)18(24)21-12-14-6-5-7-15(11-14)25-9-4-3-8-17(19)20/h5-8,10-11H,3-4,9,12H2,1-2H3,(H,21,24). The average molecular weight is 382 g/mol. The summed E-state index contributed by atoms with van der Waals surface area (Å²) in [5.74, 6) is 0.614. The molecular formula is C18H21Cl2N3O2. The minimum Gasteiger partial charge on any atom is -0.494 e. The van der Waals surface area contributed by atoms with Gasteiger partial charge in [-0.05, 0) is 43.5 Å². The number of halogens is 2. The first-order valence-corrected chi connectivity index (χ1v) is 8.73. The van der Waals surface area contributed by atoms with E-state index in [9.17, 15) is 4.79 Å². The van der Waals surface area contributed by atoms with E-state index in [0.29, 0.717) is 18.8 Å². The van der Waals surface area contributed by atoms with Crippen molar-refractivity contribution in [2.75, 3.05) is 6.61 Å².